The summed E-state index contributed by atoms with van der Waals surface area (Å²) < 4.78 is 41.0. The third kappa shape index (κ3) is 7.52. The van der Waals surface area contributed by atoms with Crippen molar-refractivity contribution in [1.82, 2.24) is 10.6 Å². The van der Waals surface area contributed by atoms with Crippen LogP contribution >= 0.6 is 0 Å². The summed E-state index contributed by atoms with van der Waals surface area (Å²) in [5.41, 5.74) is -0.358. The number of carbonyl (C=O) groups excluding carboxylic acids is 2. The molecule has 162 valence electrons. The molecule has 0 aliphatic heterocycles. The Balaban J connectivity index is 2.80. The van der Waals surface area contributed by atoms with Gasteiger partial charge in [0.05, 0.1) is 36.3 Å². The number of nitrogens with zero attached hydrogens (tertiary/aromatic N) is 1. The zero-order valence-corrected chi connectivity index (χ0v) is 16.3. The van der Waals surface area contributed by atoms with E-state index in [-0.39, 0.29) is 42.3 Å². The molecule has 0 heterocycles. The molecule has 1 aromatic carbocycles. The van der Waals surface area contributed by atoms with Crippen molar-refractivity contribution < 1.29 is 42.1 Å². The van der Waals surface area contributed by atoms with Gasteiger partial charge in [-0.15, -0.1) is 0 Å². The number of nitrogens with one attached hydrogen (secondary N) is 2. The quantitative estimate of drug-likeness (QED) is 0.106. The van der Waals surface area contributed by atoms with Crippen LogP contribution in [0.1, 0.15) is 18.6 Å². The summed E-state index contributed by atoms with van der Waals surface area (Å²) in [6.07, 6.45) is -1.01. The maximum atomic E-state index is 11.9. The number of hydrogen-bond donors (Lipinski definition) is 4. The molecule has 0 fully saturated rings. The van der Waals surface area contributed by atoms with E-state index < -0.39 is 38.8 Å². The zero-order chi connectivity index (χ0) is 22.2. The SMILES string of the molecule is COc1cc(C(C)O)c([N+](=O)[O-])cc1OCCNC(=O)C(CS(=O)(=O)O)NC=O. The summed E-state index contributed by atoms with van der Waals surface area (Å²) in [4.78, 5) is 32.9. The molecule has 2 atom stereocenters. The molecule has 0 spiro atoms. The summed E-state index contributed by atoms with van der Waals surface area (Å²) in [6.45, 7) is 1.01. The van der Waals surface area contributed by atoms with Crippen LogP contribution in [0.2, 0.25) is 0 Å². The fourth-order valence-electron chi connectivity index (χ4n) is 2.28. The molecule has 29 heavy (non-hydrogen) atoms. The molecule has 0 aliphatic carbocycles. The van der Waals surface area contributed by atoms with Crippen molar-refractivity contribution in [2.24, 2.45) is 0 Å². The zero-order valence-electron chi connectivity index (χ0n) is 15.5. The molecule has 13 nitrogen and oxygen atoms in total. The Labute approximate surface area is 165 Å². The van der Waals surface area contributed by atoms with E-state index in [4.69, 9.17) is 14.0 Å². The number of aliphatic hydroxyl groups excluding tert-OH is 1. The maximum absolute atomic E-state index is 11.9. The van der Waals surface area contributed by atoms with Crippen LogP contribution in [0.4, 0.5) is 5.69 Å². The Kier molecular flexibility index (Phi) is 8.75. The average molecular weight is 435 g/mol. The second-order valence-corrected chi connectivity index (χ2v) is 7.22. The number of ether oxygens (including phenoxy) is 2. The minimum Gasteiger partial charge on any atom is -0.493 e. The Morgan fingerprint density at radius 2 is 2.03 bits per heavy atom. The summed E-state index contributed by atoms with van der Waals surface area (Å²) in [5.74, 6) is -1.80. The molecule has 4 N–H and O–H groups in total. The van der Waals surface area contributed by atoms with Crippen molar-refractivity contribution in [2.45, 2.75) is 19.1 Å². The van der Waals surface area contributed by atoms with Crippen LogP contribution < -0.4 is 20.1 Å². The highest BCUT2D eigenvalue weighted by Crippen LogP contribution is 2.37. The number of amides is 2. The van der Waals surface area contributed by atoms with Crippen molar-refractivity contribution in [3.63, 3.8) is 0 Å². The van der Waals surface area contributed by atoms with Crippen LogP contribution in [0.3, 0.4) is 0 Å². The van der Waals surface area contributed by atoms with E-state index in [1.807, 2.05) is 5.32 Å². The lowest BCUT2D eigenvalue weighted by Crippen LogP contribution is -2.48. The van der Waals surface area contributed by atoms with Crippen LogP contribution in [-0.2, 0) is 19.7 Å². The number of nitro benzene ring substituents is 1. The molecule has 1 aromatic rings. The van der Waals surface area contributed by atoms with Gasteiger partial charge in [0, 0.05) is 0 Å². The molecule has 2 unspecified atom stereocenters. The van der Waals surface area contributed by atoms with Gasteiger partial charge in [-0.25, -0.2) is 0 Å². The monoisotopic (exact) mass is 435 g/mol. The fraction of sp³-hybridized carbons (Fsp3) is 0.467. The third-order valence-electron chi connectivity index (χ3n) is 3.58. The van der Waals surface area contributed by atoms with Gasteiger partial charge < -0.3 is 25.2 Å². The molecule has 0 aliphatic rings. The number of nitro groups is 1. The number of methoxy groups -OCH3 is 1. The summed E-state index contributed by atoms with van der Waals surface area (Å²) >= 11 is 0. The van der Waals surface area contributed by atoms with Gasteiger partial charge in [-0.2, -0.15) is 8.42 Å². The number of carbonyl (C=O) groups is 2. The Morgan fingerprint density at radius 1 is 1.38 bits per heavy atom. The van der Waals surface area contributed by atoms with Crippen molar-refractivity contribution in [2.75, 3.05) is 26.0 Å². The van der Waals surface area contributed by atoms with E-state index in [9.17, 15) is 33.2 Å². The normalized spacial score (nSPS) is 13.1. The van der Waals surface area contributed by atoms with Crippen LogP contribution in [0.5, 0.6) is 11.5 Å². The highest BCUT2D eigenvalue weighted by molar-refractivity contribution is 7.85. The summed E-state index contributed by atoms with van der Waals surface area (Å²) in [6, 6.07) is 0.813. The molecule has 0 saturated carbocycles. The Hall–Kier alpha value is -2.97. The molecule has 0 saturated heterocycles. The standard InChI is InChI=1S/C15H21N3O10S/c1-9(20)10-5-13(27-2)14(6-12(10)18(22)23)28-4-3-16-15(21)11(17-8-19)7-29(24,25)26/h5-6,8-9,11,20H,3-4,7H2,1-2H3,(H,16,21)(H,17,19)(H,24,25,26). The van der Waals surface area contributed by atoms with Crippen molar-refractivity contribution in [1.29, 1.82) is 0 Å². The Bertz CT molecular complexity index is 856. The van der Waals surface area contributed by atoms with Gasteiger partial charge in [0.2, 0.25) is 12.3 Å². The van der Waals surface area contributed by atoms with E-state index in [2.05, 4.69) is 5.32 Å². The summed E-state index contributed by atoms with van der Waals surface area (Å²) in [7, 11) is -3.21. The lowest BCUT2D eigenvalue weighted by Gasteiger charge is -2.16. The minimum atomic E-state index is -4.51. The van der Waals surface area contributed by atoms with Gasteiger partial charge in [-0.05, 0) is 13.0 Å². The number of rotatable bonds is 12. The summed E-state index contributed by atoms with van der Waals surface area (Å²) in [5, 5.41) is 25.1. The second-order valence-electron chi connectivity index (χ2n) is 5.72. The molecule has 1 rings (SSSR count). The van der Waals surface area contributed by atoms with Crippen molar-refractivity contribution in [3.8, 4) is 11.5 Å². The smallest absolute Gasteiger partial charge is 0.279 e. The molecule has 0 radical (unpaired) electrons. The van der Waals surface area contributed by atoms with Gasteiger partial charge in [0.15, 0.2) is 11.5 Å². The highest BCUT2D eigenvalue weighted by atomic mass is 32.2. The van der Waals surface area contributed by atoms with Crippen molar-refractivity contribution >= 4 is 28.1 Å². The van der Waals surface area contributed by atoms with E-state index in [0.717, 1.165) is 6.07 Å². The topological polar surface area (TPSA) is 194 Å². The van der Waals surface area contributed by atoms with Crippen LogP contribution in [-0.4, -0.2) is 67.4 Å². The minimum absolute atomic E-state index is 0.0154. The maximum Gasteiger partial charge on any atom is 0.279 e. The largest absolute Gasteiger partial charge is 0.493 e. The number of benzene rings is 1. The lowest BCUT2D eigenvalue weighted by atomic mass is 10.1. The number of aliphatic hydroxyl groups is 1. The van der Waals surface area contributed by atoms with E-state index >= 15 is 0 Å². The fourth-order valence-corrected chi connectivity index (χ4v) is 2.95. The Morgan fingerprint density at radius 3 is 2.52 bits per heavy atom. The predicted octanol–water partition coefficient (Wildman–Crippen LogP) is -0.846. The van der Waals surface area contributed by atoms with Crippen molar-refractivity contribution in [3.05, 3.63) is 27.8 Å². The first-order chi connectivity index (χ1) is 13.5. The first-order valence-electron chi connectivity index (χ1n) is 8.10. The van der Waals surface area contributed by atoms with E-state index in [0.29, 0.717) is 0 Å². The molecular formula is C15H21N3O10S. The first kappa shape index (κ1) is 24.1. The molecular weight excluding hydrogens is 414 g/mol. The van der Waals surface area contributed by atoms with Crippen LogP contribution in [0.15, 0.2) is 12.1 Å². The van der Waals surface area contributed by atoms with Crippen LogP contribution in [0, 0.1) is 10.1 Å². The molecule has 2 amide bonds. The third-order valence-corrected chi connectivity index (χ3v) is 4.34. The van der Waals surface area contributed by atoms with Gasteiger partial charge in [0.25, 0.3) is 15.8 Å². The van der Waals surface area contributed by atoms with E-state index in [1.165, 1.54) is 20.1 Å². The van der Waals surface area contributed by atoms with Gasteiger partial charge in [-0.1, -0.05) is 0 Å². The first-order valence-corrected chi connectivity index (χ1v) is 9.70. The molecule has 14 heteroatoms. The molecule has 0 bridgehead atoms. The average Bonchev–Trinajstić information content (AvgIpc) is 2.62. The highest BCUT2D eigenvalue weighted by Gasteiger charge is 2.24. The van der Waals surface area contributed by atoms with Gasteiger partial charge >= 0.3 is 0 Å². The predicted molar refractivity (Wildman–Crippen MR) is 98.2 cm³/mol. The van der Waals surface area contributed by atoms with E-state index in [1.54, 1.807) is 0 Å². The lowest BCUT2D eigenvalue weighted by molar-refractivity contribution is -0.386. The number of hydrogen-bond acceptors (Lipinski definition) is 9. The van der Waals surface area contributed by atoms with Crippen LogP contribution in [0.25, 0.3) is 0 Å². The van der Waals surface area contributed by atoms with Gasteiger partial charge in [-0.3, -0.25) is 24.3 Å². The second kappa shape index (κ2) is 10.5. The van der Waals surface area contributed by atoms with Gasteiger partial charge in [0.1, 0.15) is 18.4 Å². The molecule has 0 aromatic heterocycles.